The van der Waals surface area contributed by atoms with E-state index in [1.54, 1.807) is 21.2 Å². The molecule has 0 unspecified atom stereocenters. The highest BCUT2D eigenvalue weighted by atomic mass is 16.7. The zero-order valence-electron chi connectivity index (χ0n) is 11.7. The Morgan fingerprint density at radius 3 is 2.65 bits per heavy atom. The average molecular weight is 272 g/mol. The standard InChI is InChI=1S/C15H16N2O3/c1-17(2)15(18)20-16-10-13-12-7-5-4-6-11(12)8-9-14(13)19-3/h4-10H,1-3H3/b16-10+. The van der Waals surface area contributed by atoms with Crippen molar-refractivity contribution in [2.45, 2.75) is 0 Å². The van der Waals surface area contributed by atoms with Crippen molar-refractivity contribution in [3.05, 3.63) is 42.0 Å². The third-order valence-corrected chi connectivity index (χ3v) is 2.83. The monoisotopic (exact) mass is 272 g/mol. The number of fused-ring (bicyclic) bond motifs is 1. The van der Waals surface area contributed by atoms with E-state index in [-0.39, 0.29) is 0 Å². The molecule has 2 aromatic rings. The van der Waals surface area contributed by atoms with Gasteiger partial charge >= 0.3 is 6.09 Å². The lowest BCUT2D eigenvalue weighted by Crippen LogP contribution is -2.20. The van der Waals surface area contributed by atoms with E-state index in [0.717, 1.165) is 16.3 Å². The average Bonchev–Trinajstić information content (AvgIpc) is 2.47. The maximum absolute atomic E-state index is 11.3. The second-order valence-electron chi connectivity index (χ2n) is 4.39. The fourth-order valence-electron chi connectivity index (χ4n) is 1.79. The van der Waals surface area contributed by atoms with Gasteiger partial charge in [0.05, 0.1) is 13.3 Å². The number of amides is 1. The van der Waals surface area contributed by atoms with Crippen molar-refractivity contribution in [1.29, 1.82) is 0 Å². The molecule has 0 saturated carbocycles. The number of hydrogen-bond acceptors (Lipinski definition) is 4. The highest BCUT2D eigenvalue weighted by Crippen LogP contribution is 2.26. The number of rotatable bonds is 3. The van der Waals surface area contributed by atoms with Crippen molar-refractivity contribution in [3.63, 3.8) is 0 Å². The maximum Gasteiger partial charge on any atom is 0.435 e. The molecule has 5 nitrogen and oxygen atoms in total. The first-order valence-corrected chi connectivity index (χ1v) is 6.11. The maximum atomic E-state index is 11.3. The number of benzene rings is 2. The van der Waals surface area contributed by atoms with Crippen LogP contribution in [0, 0.1) is 0 Å². The first kappa shape index (κ1) is 13.9. The predicted molar refractivity (Wildman–Crippen MR) is 78.3 cm³/mol. The topological polar surface area (TPSA) is 51.1 Å². The zero-order chi connectivity index (χ0) is 14.5. The summed E-state index contributed by atoms with van der Waals surface area (Å²) in [6.45, 7) is 0. The van der Waals surface area contributed by atoms with Crippen LogP contribution in [0.15, 0.2) is 41.6 Å². The second kappa shape index (κ2) is 6.06. The van der Waals surface area contributed by atoms with Gasteiger partial charge in [-0.15, -0.1) is 0 Å². The quantitative estimate of drug-likeness (QED) is 0.490. The van der Waals surface area contributed by atoms with Crippen LogP contribution in [0.4, 0.5) is 4.79 Å². The van der Waals surface area contributed by atoms with Crippen LogP contribution in [0.5, 0.6) is 5.75 Å². The smallest absolute Gasteiger partial charge is 0.435 e. The van der Waals surface area contributed by atoms with Crippen molar-refractivity contribution < 1.29 is 14.4 Å². The summed E-state index contributed by atoms with van der Waals surface area (Å²) in [5, 5.41) is 5.77. The molecular weight excluding hydrogens is 256 g/mol. The van der Waals surface area contributed by atoms with Crippen LogP contribution in [0.25, 0.3) is 10.8 Å². The van der Waals surface area contributed by atoms with Gasteiger partial charge in [0, 0.05) is 19.7 Å². The Labute approximate surface area is 117 Å². The van der Waals surface area contributed by atoms with Crippen molar-refractivity contribution in [3.8, 4) is 5.75 Å². The van der Waals surface area contributed by atoms with Crippen molar-refractivity contribution in [2.24, 2.45) is 5.16 Å². The van der Waals surface area contributed by atoms with E-state index in [9.17, 15) is 4.79 Å². The van der Waals surface area contributed by atoms with Gasteiger partial charge in [-0.2, -0.15) is 0 Å². The molecule has 0 spiro atoms. The molecule has 2 rings (SSSR count). The summed E-state index contributed by atoms with van der Waals surface area (Å²) in [4.78, 5) is 17.4. The molecule has 0 heterocycles. The van der Waals surface area contributed by atoms with Crippen molar-refractivity contribution in [1.82, 2.24) is 4.90 Å². The summed E-state index contributed by atoms with van der Waals surface area (Å²) in [7, 11) is 4.78. The third kappa shape index (κ3) is 2.88. The van der Waals surface area contributed by atoms with Crippen LogP contribution < -0.4 is 4.74 Å². The molecule has 0 bridgehead atoms. The summed E-state index contributed by atoms with van der Waals surface area (Å²) < 4.78 is 5.32. The summed E-state index contributed by atoms with van der Waals surface area (Å²) in [6, 6.07) is 11.7. The normalized spacial score (nSPS) is 10.8. The Kier molecular flexibility index (Phi) is 4.20. The van der Waals surface area contributed by atoms with Crippen LogP contribution in [0.3, 0.4) is 0 Å². The molecule has 5 heteroatoms. The number of hydrogen-bond donors (Lipinski definition) is 0. The first-order valence-electron chi connectivity index (χ1n) is 6.11. The van der Waals surface area contributed by atoms with Gasteiger partial charge in [-0.05, 0) is 16.8 Å². The molecule has 0 aliphatic rings. The molecular formula is C15H16N2O3. The van der Waals surface area contributed by atoms with Gasteiger partial charge in [0.25, 0.3) is 0 Å². The zero-order valence-corrected chi connectivity index (χ0v) is 11.7. The van der Waals surface area contributed by atoms with E-state index in [4.69, 9.17) is 9.57 Å². The summed E-state index contributed by atoms with van der Waals surface area (Å²) in [5.41, 5.74) is 0.775. The van der Waals surface area contributed by atoms with E-state index in [0.29, 0.717) is 5.75 Å². The second-order valence-corrected chi connectivity index (χ2v) is 4.39. The van der Waals surface area contributed by atoms with Crippen LogP contribution >= 0.6 is 0 Å². The molecule has 0 radical (unpaired) electrons. The molecule has 1 amide bonds. The highest BCUT2D eigenvalue weighted by molar-refractivity contribution is 6.02. The number of methoxy groups -OCH3 is 1. The lowest BCUT2D eigenvalue weighted by Gasteiger charge is -2.09. The minimum atomic E-state index is -0.527. The molecule has 0 N–H and O–H groups in total. The van der Waals surface area contributed by atoms with E-state index in [1.165, 1.54) is 11.1 Å². The SMILES string of the molecule is COc1ccc2ccccc2c1/C=N/OC(=O)N(C)C. The molecule has 104 valence electrons. The largest absolute Gasteiger partial charge is 0.496 e. The van der Waals surface area contributed by atoms with E-state index < -0.39 is 6.09 Å². The Bertz CT molecular complexity index is 651. The van der Waals surface area contributed by atoms with Crippen LogP contribution in [-0.2, 0) is 4.84 Å². The summed E-state index contributed by atoms with van der Waals surface area (Å²) >= 11 is 0. The number of nitrogens with zero attached hydrogens (tertiary/aromatic N) is 2. The minimum Gasteiger partial charge on any atom is -0.496 e. The van der Waals surface area contributed by atoms with Gasteiger partial charge in [0.1, 0.15) is 5.75 Å². The predicted octanol–water partition coefficient (Wildman–Crippen LogP) is 2.88. The van der Waals surface area contributed by atoms with Crippen LogP contribution in [0.1, 0.15) is 5.56 Å². The van der Waals surface area contributed by atoms with Gasteiger partial charge in [-0.1, -0.05) is 35.5 Å². The van der Waals surface area contributed by atoms with Crippen molar-refractivity contribution in [2.75, 3.05) is 21.2 Å². The lowest BCUT2D eigenvalue weighted by molar-refractivity contribution is 0.123. The Morgan fingerprint density at radius 1 is 1.20 bits per heavy atom. The molecule has 0 atom stereocenters. The Balaban J connectivity index is 2.36. The minimum absolute atomic E-state index is 0.527. The van der Waals surface area contributed by atoms with Gasteiger partial charge in [-0.3, -0.25) is 4.84 Å². The van der Waals surface area contributed by atoms with Crippen LogP contribution in [0.2, 0.25) is 0 Å². The summed E-state index contributed by atoms with van der Waals surface area (Å²) in [5.74, 6) is 0.674. The molecule has 0 aliphatic heterocycles. The fourth-order valence-corrected chi connectivity index (χ4v) is 1.79. The number of oxime groups is 1. The number of carbonyl (C=O) groups excluding carboxylic acids is 1. The molecule has 0 aromatic heterocycles. The van der Waals surface area contributed by atoms with Gasteiger partial charge in [-0.25, -0.2) is 4.79 Å². The van der Waals surface area contributed by atoms with E-state index in [2.05, 4.69) is 5.16 Å². The van der Waals surface area contributed by atoms with Gasteiger partial charge in [0.2, 0.25) is 0 Å². The third-order valence-electron chi connectivity index (χ3n) is 2.83. The molecule has 0 saturated heterocycles. The first-order chi connectivity index (χ1) is 9.63. The molecule has 0 aliphatic carbocycles. The summed E-state index contributed by atoms with van der Waals surface area (Å²) in [6.07, 6.45) is 0.961. The van der Waals surface area contributed by atoms with E-state index in [1.807, 2.05) is 36.4 Å². The van der Waals surface area contributed by atoms with Crippen molar-refractivity contribution >= 4 is 23.1 Å². The number of ether oxygens (including phenoxy) is 1. The molecule has 2 aromatic carbocycles. The van der Waals surface area contributed by atoms with Crippen LogP contribution in [-0.4, -0.2) is 38.4 Å². The Morgan fingerprint density at radius 2 is 1.95 bits per heavy atom. The molecule has 0 fully saturated rings. The van der Waals surface area contributed by atoms with E-state index >= 15 is 0 Å². The highest BCUT2D eigenvalue weighted by Gasteiger charge is 2.07. The Hall–Kier alpha value is -2.56. The lowest BCUT2D eigenvalue weighted by atomic mass is 10.0. The molecule has 20 heavy (non-hydrogen) atoms. The number of carbonyl (C=O) groups is 1. The van der Waals surface area contributed by atoms with Gasteiger partial charge in [0.15, 0.2) is 0 Å². The fraction of sp³-hybridized carbons (Fsp3) is 0.200. The van der Waals surface area contributed by atoms with Gasteiger partial charge < -0.3 is 9.64 Å².